The van der Waals surface area contributed by atoms with Crippen LogP contribution in [0.25, 0.3) is 22.6 Å². The second kappa shape index (κ2) is 12.8. The Morgan fingerprint density at radius 2 is 1.84 bits per heavy atom. The molecular weight excluding hydrogens is 572 g/mol. The minimum Gasteiger partial charge on any atom is -0.457 e. The van der Waals surface area contributed by atoms with Gasteiger partial charge in [0.15, 0.2) is 6.23 Å². The number of aromatic nitrogens is 2. The number of halogens is 1. The van der Waals surface area contributed by atoms with Crippen LogP contribution in [-0.2, 0) is 23.7 Å². The van der Waals surface area contributed by atoms with Crippen LogP contribution in [0.3, 0.4) is 0 Å². The molecule has 3 aromatic rings. The number of allylic oxidation sites excluding steroid dienone is 1. The molecule has 0 bridgehead atoms. The van der Waals surface area contributed by atoms with Crippen LogP contribution >= 0.6 is 0 Å². The van der Waals surface area contributed by atoms with Crippen molar-refractivity contribution in [3.63, 3.8) is 0 Å². The highest BCUT2D eigenvalue weighted by Gasteiger charge is 2.41. The molecule has 238 valence electrons. The smallest absolute Gasteiger partial charge is 0.457 e. The van der Waals surface area contributed by atoms with Gasteiger partial charge in [-0.3, -0.25) is 0 Å². The van der Waals surface area contributed by atoms with Crippen molar-refractivity contribution in [2.24, 2.45) is 5.92 Å². The summed E-state index contributed by atoms with van der Waals surface area (Å²) in [5, 5.41) is 4.72. The summed E-state index contributed by atoms with van der Waals surface area (Å²) in [6.07, 6.45) is 8.94. The van der Waals surface area contributed by atoms with Gasteiger partial charge < -0.3 is 18.9 Å². The van der Waals surface area contributed by atoms with Gasteiger partial charge in [0.2, 0.25) is 5.95 Å². The molecule has 6 rings (SSSR count). The molecule has 1 saturated carbocycles. The zero-order valence-electron chi connectivity index (χ0n) is 26.9. The number of fused-ring (bicyclic) bond motifs is 1. The van der Waals surface area contributed by atoms with Gasteiger partial charge in [0, 0.05) is 12.7 Å². The predicted octanol–water partition coefficient (Wildman–Crippen LogP) is 7.19. The molecule has 1 N–H and O–H groups in total. The summed E-state index contributed by atoms with van der Waals surface area (Å²) >= 11 is 0. The van der Waals surface area contributed by atoms with Crippen LogP contribution in [0.15, 0.2) is 54.0 Å². The van der Waals surface area contributed by atoms with Gasteiger partial charge in [-0.1, -0.05) is 36.8 Å². The molecule has 1 unspecified atom stereocenters. The van der Waals surface area contributed by atoms with E-state index in [1.807, 2.05) is 77.1 Å². The highest BCUT2D eigenvalue weighted by Crippen LogP contribution is 2.43. The number of esters is 1. The van der Waals surface area contributed by atoms with Crippen molar-refractivity contribution in [3.05, 3.63) is 76.7 Å². The van der Waals surface area contributed by atoms with Crippen molar-refractivity contribution >= 4 is 35.6 Å². The lowest BCUT2D eigenvalue weighted by atomic mass is 9.60. The zero-order valence-corrected chi connectivity index (χ0v) is 26.9. The molecule has 0 spiro atoms. The first-order chi connectivity index (χ1) is 21.5. The van der Waals surface area contributed by atoms with Crippen molar-refractivity contribution in [2.45, 2.75) is 90.5 Å². The van der Waals surface area contributed by atoms with Gasteiger partial charge in [-0.15, -0.1) is 5.10 Å². The summed E-state index contributed by atoms with van der Waals surface area (Å²) in [4.78, 5) is 12.3. The fourth-order valence-corrected chi connectivity index (χ4v) is 6.10. The first-order valence-electron chi connectivity index (χ1n) is 16.1. The van der Waals surface area contributed by atoms with Gasteiger partial charge in [0.1, 0.15) is 5.60 Å². The minimum absolute atomic E-state index is 0.263. The highest BCUT2D eigenvalue weighted by molar-refractivity contribution is 6.56. The summed E-state index contributed by atoms with van der Waals surface area (Å²) in [6, 6.07) is 13.9. The van der Waals surface area contributed by atoms with Gasteiger partial charge in [-0.2, -0.15) is 4.39 Å². The summed E-state index contributed by atoms with van der Waals surface area (Å²) in [5.41, 5.74) is 7.69. The molecule has 2 aromatic carbocycles. The Morgan fingerprint density at radius 1 is 1.09 bits per heavy atom. The number of hydrogen-bond acceptors (Lipinski definition) is 7. The summed E-state index contributed by atoms with van der Waals surface area (Å²) in [6.45, 7) is 10.7. The van der Waals surface area contributed by atoms with E-state index in [1.54, 1.807) is 10.8 Å². The van der Waals surface area contributed by atoms with Gasteiger partial charge >= 0.3 is 13.1 Å². The molecule has 3 aliphatic rings. The molecule has 8 nitrogen and oxygen atoms in total. The van der Waals surface area contributed by atoms with Crippen LogP contribution in [0.2, 0.25) is 0 Å². The van der Waals surface area contributed by atoms with Crippen LogP contribution in [0.4, 0.5) is 4.39 Å². The van der Waals surface area contributed by atoms with E-state index in [4.69, 9.17) is 18.9 Å². The third-order valence-corrected chi connectivity index (χ3v) is 8.52. The van der Waals surface area contributed by atoms with E-state index in [9.17, 15) is 4.79 Å². The normalized spacial score (nSPS) is 21.6. The van der Waals surface area contributed by atoms with Crippen molar-refractivity contribution in [1.29, 1.82) is 0 Å². The SMILES string of the molecule is CC1(C)COB(C(=C(c2ccc(C=CC(=O)OC(C)(C)C)cc2)c2ccc3c(c2)c(F)nn3C2CCCCO2)C2CCC2)ON1. The number of carbonyl (C=O) groups excluding carboxylic acids is 1. The van der Waals surface area contributed by atoms with Crippen molar-refractivity contribution in [1.82, 2.24) is 15.3 Å². The Bertz CT molecular complexity index is 1590. The van der Waals surface area contributed by atoms with E-state index in [1.165, 1.54) is 6.08 Å². The Labute approximate surface area is 265 Å². The molecule has 3 fully saturated rings. The van der Waals surface area contributed by atoms with E-state index in [0.717, 1.165) is 66.3 Å². The molecule has 1 aromatic heterocycles. The maximum Gasteiger partial charge on any atom is 0.507 e. The van der Waals surface area contributed by atoms with Crippen LogP contribution in [-0.4, -0.2) is 47.2 Å². The highest BCUT2D eigenvalue weighted by atomic mass is 19.1. The molecular formula is C35H43BFN3O5. The fourth-order valence-electron chi connectivity index (χ4n) is 6.10. The fraction of sp³-hybridized carbons (Fsp3) is 0.486. The molecule has 10 heteroatoms. The van der Waals surface area contributed by atoms with E-state index in [-0.39, 0.29) is 17.7 Å². The molecule has 1 atom stereocenters. The number of carbonyl (C=O) groups is 1. The third kappa shape index (κ3) is 7.25. The quantitative estimate of drug-likeness (QED) is 0.171. The minimum atomic E-state index is -0.594. The lowest BCUT2D eigenvalue weighted by molar-refractivity contribution is -0.148. The Kier molecular flexibility index (Phi) is 9.03. The van der Waals surface area contributed by atoms with Crippen LogP contribution in [0, 0.1) is 11.9 Å². The third-order valence-electron chi connectivity index (χ3n) is 8.52. The molecule has 3 heterocycles. The number of ether oxygens (including phenoxy) is 2. The van der Waals surface area contributed by atoms with Crippen molar-refractivity contribution in [3.8, 4) is 0 Å². The second-order valence-electron chi connectivity index (χ2n) is 14.0. The Hall–Kier alpha value is -3.31. The second-order valence-corrected chi connectivity index (χ2v) is 14.0. The molecule has 1 aliphatic carbocycles. The molecule has 0 radical (unpaired) electrons. The Balaban J connectivity index is 1.42. The average Bonchev–Trinajstić information content (AvgIpc) is 3.31. The number of hydroxylamine groups is 1. The van der Waals surface area contributed by atoms with E-state index in [2.05, 4.69) is 10.6 Å². The van der Waals surface area contributed by atoms with E-state index < -0.39 is 24.6 Å². The first-order valence-corrected chi connectivity index (χ1v) is 16.1. The standard InChI is InChI=1S/C35H43BFN3O5/c1-34(2,3)44-30(41)19-14-23-12-15-24(16-13-23)31(32(25-9-8-10-25)36-43-22-35(4,5)39-45-36)26-17-18-28-27(21-26)33(37)38-40(28)29-11-6-7-20-42-29/h12-19,21,25,29,39H,6-11,20,22H2,1-5H3. The monoisotopic (exact) mass is 615 g/mol. The molecule has 2 aliphatic heterocycles. The van der Waals surface area contributed by atoms with Gasteiger partial charge in [0.05, 0.1) is 23.0 Å². The van der Waals surface area contributed by atoms with Crippen molar-refractivity contribution < 1.29 is 28.1 Å². The number of benzene rings is 2. The predicted molar refractivity (Wildman–Crippen MR) is 173 cm³/mol. The van der Waals surface area contributed by atoms with Crippen LogP contribution < -0.4 is 5.48 Å². The maximum atomic E-state index is 15.5. The van der Waals surface area contributed by atoms with Gasteiger partial charge in [-0.25, -0.2) is 15.0 Å². The zero-order chi connectivity index (χ0) is 31.8. The summed E-state index contributed by atoms with van der Waals surface area (Å²) in [7, 11) is -0.594. The average molecular weight is 616 g/mol. The van der Waals surface area contributed by atoms with Gasteiger partial charge in [-0.05, 0) is 119 Å². The number of nitrogens with zero attached hydrogens (tertiary/aromatic N) is 2. The first kappa shape index (κ1) is 31.7. The molecule has 0 amide bonds. The summed E-state index contributed by atoms with van der Waals surface area (Å²) < 4.78 is 41.0. The van der Waals surface area contributed by atoms with E-state index in [0.29, 0.717) is 24.1 Å². The molecule has 2 saturated heterocycles. The van der Waals surface area contributed by atoms with Gasteiger partial charge in [0.25, 0.3) is 0 Å². The lowest BCUT2D eigenvalue weighted by Crippen LogP contribution is -2.55. The topological polar surface area (TPSA) is 83.8 Å². The largest absolute Gasteiger partial charge is 0.507 e. The van der Waals surface area contributed by atoms with Crippen LogP contribution in [0.1, 0.15) is 96.1 Å². The maximum absolute atomic E-state index is 15.5. The number of nitrogens with one attached hydrogen (secondary N) is 1. The van der Waals surface area contributed by atoms with Crippen molar-refractivity contribution in [2.75, 3.05) is 13.2 Å². The molecule has 45 heavy (non-hydrogen) atoms. The lowest BCUT2D eigenvalue weighted by Gasteiger charge is -2.39. The number of hydrogen-bond donors (Lipinski definition) is 1. The summed E-state index contributed by atoms with van der Waals surface area (Å²) in [5.74, 6) is -0.642. The number of rotatable bonds is 7. The van der Waals surface area contributed by atoms with Crippen LogP contribution in [0.5, 0.6) is 0 Å². The van der Waals surface area contributed by atoms with E-state index >= 15 is 4.39 Å². The Morgan fingerprint density at radius 3 is 2.47 bits per heavy atom.